The molecule has 0 aromatic heterocycles. The molecule has 5 saturated carbocycles. The van der Waals surface area contributed by atoms with Crippen LogP contribution < -0.4 is 0 Å². The van der Waals surface area contributed by atoms with Crippen LogP contribution in [0.4, 0.5) is 0 Å². The Hall–Kier alpha value is -0.160. The first-order valence-electron chi connectivity index (χ1n) is 16.9. The Morgan fingerprint density at radius 3 is 1.97 bits per heavy atom. The van der Waals surface area contributed by atoms with Gasteiger partial charge in [-0.2, -0.15) is 0 Å². The summed E-state index contributed by atoms with van der Waals surface area (Å²) in [5.74, 6) is 4.74. The van der Waals surface area contributed by atoms with Gasteiger partial charge in [0.15, 0.2) is 6.29 Å². The van der Waals surface area contributed by atoms with E-state index in [1.165, 1.54) is 70.6 Å². The van der Waals surface area contributed by atoms with Crippen molar-refractivity contribution in [2.24, 2.45) is 62.6 Å². The van der Waals surface area contributed by atoms with Gasteiger partial charge in [0.05, 0.1) is 6.10 Å². The minimum Gasteiger partial charge on any atom is -0.387 e. The summed E-state index contributed by atoms with van der Waals surface area (Å²) in [6, 6.07) is 0. The summed E-state index contributed by atoms with van der Waals surface area (Å²) in [7, 11) is 0. The third-order valence-electron chi connectivity index (χ3n) is 15.7. The zero-order valence-electron chi connectivity index (χ0n) is 26.2. The number of aliphatic hydroxyl groups is 3. The fraction of sp³-hybridized carbons (Fsp3) is 1.00. The number of ether oxygens (including phenoxy) is 1. The molecule has 0 amide bonds. The Morgan fingerprint density at radius 1 is 0.692 bits per heavy atom. The van der Waals surface area contributed by atoms with Crippen LogP contribution in [0.3, 0.4) is 0 Å². The van der Waals surface area contributed by atoms with E-state index in [1.54, 1.807) is 0 Å². The average Bonchev–Trinajstić information content (AvgIpc) is 3.33. The lowest BCUT2D eigenvalue weighted by molar-refractivity contribution is -0.241. The van der Waals surface area contributed by atoms with Gasteiger partial charge in [-0.3, -0.25) is 0 Å². The lowest BCUT2D eigenvalue weighted by Crippen LogP contribution is -2.65. The maximum absolute atomic E-state index is 10.3. The molecule has 7 unspecified atom stereocenters. The van der Waals surface area contributed by atoms with Crippen molar-refractivity contribution in [2.75, 3.05) is 0 Å². The van der Waals surface area contributed by atoms with Crippen molar-refractivity contribution in [1.82, 2.24) is 0 Å². The van der Waals surface area contributed by atoms with Crippen molar-refractivity contribution >= 4 is 0 Å². The molecule has 4 nitrogen and oxygen atoms in total. The van der Waals surface area contributed by atoms with Crippen molar-refractivity contribution in [3.05, 3.63) is 0 Å². The summed E-state index contributed by atoms with van der Waals surface area (Å²) >= 11 is 0. The maximum atomic E-state index is 10.3. The predicted molar refractivity (Wildman–Crippen MR) is 156 cm³/mol. The highest BCUT2D eigenvalue weighted by molar-refractivity contribution is 5.19. The zero-order valence-corrected chi connectivity index (χ0v) is 26.2. The van der Waals surface area contributed by atoms with E-state index in [9.17, 15) is 15.3 Å². The van der Waals surface area contributed by atoms with Gasteiger partial charge in [-0.25, -0.2) is 0 Å². The van der Waals surface area contributed by atoms with E-state index in [0.29, 0.717) is 39.4 Å². The maximum Gasteiger partial charge on any atom is 0.183 e. The first-order valence-corrected chi connectivity index (χ1v) is 16.9. The molecule has 14 atom stereocenters. The second-order valence-electron chi connectivity index (χ2n) is 17.4. The van der Waals surface area contributed by atoms with E-state index < -0.39 is 24.6 Å². The van der Waals surface area contributed by atoms with Crippen LogP contribution in [0.5, 0.6) is 0 Å². The third-order valence-corrected chi connectivity index (χ3v) is 15.7. The molecule has 1 aliphatic heterocycles. The number of fused-ring (bicyclic) bond motifs is 7. The topological polar surface area (TPSA) is 69.9 Å². The summed E-state index contributed by atoms with van der Waals surface area (Å²) in [6.45, 7) is 18.5. The highest BCUT2D eigenvalue weighted by Gasteiger charge is 2.70. The second-order valence-corrected chi connectivity index (χ2v) is 17.4. The fourth-order valence-corrected chi connectivity index (χ4v) is 13.6. The van der Waals surface area contributed by atoms with Gasteiger partial charge in [0, 0.05) is 0 Å². The minimum atomic E-state index is -1.25. The molecular formula is C35H60O4. The van der Waals surface area contributed by atoms with Gasteiger partial charge >= 0.3 is 0 Å². The number of aliphatic hydroxyl groups excluding tert-OH is 3. The van der Waals surface area contributed by atoms with Crippen molar-refractivity contribution in [3.8, 4) is 0 Å². The molecule has 1 heterocycles. The van der Waals surface area contributed by atoms with Crippen LogP contribution in [0, 0.1) is 62.6 Å². The molecule has 6 aliphatic rings. The Kier molecular flexibility index (Phi) is 6.99. The Morgan fingerprint density at radius 2 is 1.33 bits per heavy atom. The number of hydrogen-bond donors (Lipinski definition) is 3. The van der Waals surface area contributed by atoms with Gasteiger partial charge in [-0.15, -0.1) is 0 Å². The van der Waals surface area contributed by atoms with Crippen LogP contribution in [0.25, 0.3) is 0 Å². The standard InChI is InChI=1S/C35H60O4/c1-21(9-10-24-28(36)29(37)30(38)39-24)22-13-18-32(4)23(22)14-19-34(6)26(32)11-12-27-33(5)17-8-16-31(2,3)25(33)15-20-35(27,34)7/h21-30,36-38H,8-20H2,1-7H3/t21?,22?,23?,24?,25?,26?,27?,28-,29-,30-,32+,33+,34-,35-/m1/s1. The summed E-state index contributed by atoms with van der Waals surface area (Å²) in [5, 5.41) is 30.0. The van der Waals surface area contributed by atoms with E-state index in [1.807, 2.05) is 0 Å². The van der Waals surface area contributed by atoms with Gasteiger partial charge in [-0.1, -0.05) is 54.9 Å². The fourth-order valence-electron chi connectivity index (χ4n) is 13.6. The SMILES string of the molecule is CC(CCC1O[C@@H](O)[C@H](O)[C@@H]1O)C1CC[C@@]2(C)C1CC[C@]1(C)C2CCC2[C@@]3(C)CCCC(C)(C)C3CC[C@]21C. The number of hydrogen-bond acceptors (Lipinski definition) is 4. The van der Waals surface area contributed by atoms with Crippen molar-refractivity contribution in [3.63, 3.8) is 0 Å². The van der Waals surface area contributed by atoms with Crippen LogP contribution in [0.1, 0.15) is 132 Å². The van der Waals surface area contributed by atoms with Gasteiger partial charge in [-0.05, 0) is 140 Å². The van der Waals surface area contributed by atoms with E-state index in [0.717, 1.165) is 36.0 Å². The molecule has 0 aromatic rings. The van der Waals surface area contributed by atoms with Crippen LogP contribution >= 0.6 is 0 Å². The molecule has 0 radical (unpaired) electrons. The third kappa shape index (κ3) is 3.96. The number of rotatable bonds is 4. The second kappa shape index (κ2) is 9.42. The molecule has 224 valence electrons. The molecular weight excluding hydrogens is 484 g/mol. The summed E-state index contributed by atoms with van der Waals surface area (Å²) in [6.07, 6.45) is 13.4. The molecule has 5 aliphatic carbocycles. The molecule has 0 spiro atoms. The van der Waals surface area contributed by atoms with Gasteiger partial charge in [0.25, 0.3) is 0 Å². The molecule has 3 N–H and O–H groups in total. The highest BCUT2D eigenvalue weighted by atomic mass is 16.6. The first-order chi connectivity index (χ1) is 18.2. The van der Waals surface area contributed by atoms with Gasteiger partial charge < -0.3 is 20.1 Å². The molecule has 0 bridgehead atoms. The van der Waals surface area contributed by atoms with E-state index in [4.69, 9.17) is 4.74 Å². The van der Waals surface area contributed by atoms with Crippen molar-refractivity contribution < 1.29 is 20.1 Å². The van der Waals surface area contributed by atoms with Crippen molar-refractivity contribution in [1.29, 1.82) is 0 Å². The van der Waals surface area contributed by atoms with E-state index in [2.05, 4.69) is 48.5 Å². The normalized spacial score (nSPS) is 57.2. The summed E-state index contributed by atoms with van der Waals surface area (Å²) < 4.78 is 5.48. The molecule has 6 rings (SSSR count). The van der Waals surface area contributed by atoms with Gasteiger partial charge in [0.2, 0.25) is 0 Å². The van der Waals surface area contributed by atoms with Crippen molar-refractivity contribution in [2.45, 2.75) is 157 Å². The molecule has 39 heavy (non-hydrogen) atoms. The smallest absolute Gasteiger partial charge is 0.183 e. The van der Waals surface area contributed by atoms with Crippen LogP contribution in [-0.2, 0) is 4.74 Å². The monoisotopic (exact) mass is 544 g/mol. The van der Waals surface area contributed by atoms with Crippen LogP contribution in [0.2, 0.25) is 0 Å². The lowest BCUT2D eigenvalue weighted by atomic mass is 9.32. The van der Waals surface area contributed by atoms with Crippen LogP contribution in [0.15, 0.2) is 0 Å². The molecule has 1 saturated heterocycles. The first kappa shape index (κ1) is 28.9. The largest absolute Gasteiger partial charge is 0.387 e. The quantitative estimate of drug-likeness (QED) is 0.346. The van der Waals surface area contributed by atoms with Gasteiger partial charge in [0.1, 0.15) is 12.2 Å². The molecule has 4 heteroatoms. The predicted octanol–water partition coefficient (Wildman–Crippen LogP) is 7.33. The molecule has 6 fully saturated rings. The van der Waals surface area contributed by atoms with Crippen LogP contribution in [-0.4, -0.2) is 39.9 Å². The minimum absolute atomic E-state index is 0.444. The Labute approximate surface area is 239 Å². The van der Waals surface area contributed by atoms with E-state index >= 15 is 0 Å². The summed E-state index contributed by atoms with van der Waals surface area (Å²) in [4.78, 5) is 0. The summed E-state index contributed by atoms with van der Waals surface area (Å²) in [5.41, 5.74) is 2.37. The van der Waals surface area contributed by atoms with E-state index in [-0.39, 0.29) is 0 Å². The molecule has 0 aromatic carbocycles. The Bertz CT molecular complexity index is 934. The Balaban J connectivity index is 1.19. The zero-order chi connectivity index (χ0) is 28.2. The lowest BCUT2D eigenvalue weighted by Gasteiger charge is -2.73. The highest BCUT2D eigenvalue weighted by Crippen LogP contribution is 2.78. The average molecular weight is 545 g/mol.